The molecule has 19 heavy (non-hydrogen) atoms. The summed E-state index contributed by atoms with van der Waals surface area (Å²) in [6.45, 7) is 6.09. The highest BCUT2D eigenvalue weighted by Gasteiger charge is 2.30. The van der Waals surface area contributed by atoms with Crippen LogP contribution in [0.3, 0.4) is 0 Å². The molecule has 0 radical (unpaired) electrons. The number of nitrogens with one attached hydrogen (secondary N) is 1. The molecule has 2 rings (SSSR count). The Labute approximate surface area is 115 Å². The quantitative estimate of drug-likeness (QED) is 0.836. The first-order valence-corrected chi connectivity index (χ1v) is 8.22. The summed E-state index contributed by atoms with van der Waals surface area (Å²) in [5.74, 6) is 0. The summed E-state index contributed by atoms with van der Waals surface area (Å²) in [6.07, 6.45) is 4.66. The van der Waals surface area contributed by atoms with Crippen molar-refractivity contribution >= 4 is 10.0 Å². The normalized spacial score (nSPS) is 16.8. The zero-order chi connectivity index (χ0) is 14.3. The summed E-state index contributed by atoms with van der Waals surface area (Å²) in [7, 11) is -3.47. The lowest BCUT2D eigenvalue weighted by atomic mass is 10.0. The molecule has 0 atom stereocenters. The first kappa shape index (κ1) is 14.6. The number of aromatic nitrogens is 1. The van der Waals surface area contributed by atoms with Gasteiger partial charge in [-0.25, -0.2) is 13.1 Å². The van der Waals surface area contributed by atoms with Crippen molar-refractivity contribution < 1.29 is 8.42 Å². The minimum absolute atomic E-state index is 0.321. The van der Waals surface area contributed by atoms with E-state index in [4.69, 9.17) is 5.73 Å². The van der Waals surface area contributed by atoms with Crippen molar-refractivity contribution in [3.8, 4) is 0 Å². The number of nitrogens with zero attached hydrogens (tertiary/aromatic N) is 1. The van der Waals surface area contributed by atoms with Crippen LogP contribution in [-0.2, 0) is 16.6 Å². The SMILES string of the molecule is CCC(C)(C)NS(=O)(=O)c1cc(CN)n(C2CC2)c1. The van der Waals surface area contributed by atoms with Crippen LogP contribution in [0.1, 0.15) is 51.8 Å². The zero-order valence-electron chi connectivity index (χ0n) is 11.8. The molecule has 108 valence electrons. The average Bonchev–Trinajstić information content (AvgIpc) is 3.06. The Kier molecular flexibility index (Phi) is 3.77. The highest BCUT2D eigenvalue weighted by Crippen LogP contribution is 2.37. The summed E-state index contributed by atoms with van der Waals surface area (Å²) in [5, 5.41) is 0. The first-order chi connectivity index (χ1) is 8.79. The van der Waals surface area contributed by atoms with Gasteiger partial charge in [0.05, 0.1) is 4.90 Å². The van der Waals surface area contributed by atoms with Crippen LogP contribution in [0.5, 0.6) is 0 Å². The second-order valence-corrected chi connectivity index (χ2v) is 7.54. The van der Waals surface area contributed by atoms with Crippen LogP contribution in [0.2, 0.25) is 0 Å². The van der Waals surface area contributed by atoms with Crippen molar-refractivity contribution in [3.63, 3.8) is 0 Å². The van der Waals surface area contributed by atoms with Gasteiger partial charge in [0.15, 0.2) is 0 Å². The maximum atomic E-state index is 12.4. The van der Waals surface area contributed by atoms with Gasteiger partial charge in [0.25, 0.3) is 0 Å². The van der Waals surface area contributed by atoms with E-state index in [-0.39, 0.29) is 0 Å². The van der Waals surface area contributed by atoms with Crippen molar-refractivity contribution in [3.05, 3.63) is 18.0 Å². The Morgan fingerprint density at radius 1 is 1.47 bits per heavy atom. The van der Waals surface area contributed by atoms with E-state index in [2.05, 4.69) is 4.72 Å². The first-order valence-electron chi connectivity index (χ1n) is 6.74. The van der Waals surface area contributed by atoms with Gasteiger partial charge in [0.1, 0.15) is 0 Å². The molecule has 0 aromatic carbocycles. The van der Waals surface area contributed by atoms with E-state index in [1.54, 1.807) is 12.3 Å². The fourth-order valence-electron chi connectivity index (χ4n) is 1.99. The van der Waals surface area contributed by atoms with Gasteiger partial charge >= 0.3 is 0 Å². The molecular weight excluding hydrogens is 262 g/mol. The van der Waals surface area contributed by atoms with Gasteiger partial charge in [-0.2, -0.15) is 0 Å². The van der Waals surface area contributed by atoms with Crippen molar-refractivity contribution in [1.82, 2.24) is 9.29 Å². The third-order valence-corrected chi connectivity index (χ3v) is 5.33. The van der Waals surface area contributed by atoms with E-state index in [0.29, 0.717) is 17.5 Å². The van der Waals surface area contributed by atoms with Crippen LogP contribution in [0.25, 0.3) is 0 Å². The van der Waals surface area contributed by atoms with Gasteiger partial charge in [0.2, 0.25) is 10.0 Å². The van der Waals surface area contributed by atoms with Gasteiger partial charge in [-0.3, -0.25) is 0 Å². The van der Waals surface area contributed by atoms with Crippen molar-refractivity contribution in [2.45, 2.75) is 63.1 Å². The molecule has 0 amide bonds. The number of nitrogens with two attached hydrogens (primary N) is 1. The Hall–Kier alpha value is -0.850. The molecule has 0 aliphatic heterocycles. The van der Waals surface area contributed by atoms with E-state index < -0.39 is 15.6 Å². The van der Waals surface area contributed by atoms with Crippen molar-refractivity contribution in [2.75, 3.05) is 0 Å². The predicted octanol–water partition coefficient (Wildman–Crippen LogP) is 1.75. The zero-order valence-corrected chi connectivity index (χ0v) is 12.6. The molecule has 1 heterocycles. The topological polar surface area (TPSA) is 77.1 Å². The molecule has 0 bridgehead atoms. The van der Waals surface area contributed by atoms with Crippen LogP contribution in [0.4, 0.5) is 0 Å². The lowest BCUT2D eigenvalue weighted by Gasteiger charge is -2.23. The van der Waals surface area contributed by atoms with E-state index in [1.165, 1.54) is 0 Å². The Morgan fingerprint density at radius 2 is 2.11 bits per heavy atom. The smallest absolute Gasteiger partial charge is 0.242 e. The summed E-state index contributed by atoms with van der Waals surface area (Å²) >= 11 is 0. The van der Waals surface area contributed by atoms with E-state index in [1.807, 2.05) is 25.3 Å². The molecule has 0 saturated heterocycles. The summed E-state index contributed by atoms with van der Waals surface area (Å²) in [4.78, 5) is 0.321. The second-order valence-electron chi connectivity index (χ2n) is 5.85. The van der Waals surface area contributed by atoms with Crippen LogP contribution in [0, 0.1) is 0 Å². The second kappa shape index (κ2) is 4.92. The standard InChI is InChI=1S/C13H23N3O2S/c1-4-13(2,3)15-19(17,18)12-7-11(8-14)16(9-12)10-5-6-10/h7,9-10,15H,4-6,8,14H2,1-3H3. The number of sulfonamides is 1. The lowest BCUT2D eigenvalue weighted by molar-refractivity contribution is 0.439. The number of hydrogen-bond acceptors (Lipinski definition) is 3. The molecule has 1 aromatic heterocycles. The minimum Gasteiger partial charge on any atom is -0.346 e. The maximum Gasteiger partial charge on any atom is 0.242 e. The largest absolute Gasteiger partial charge is 0.346 e. The predicted molar refractivity (Wildman–Crippen MR) is 75.3 cm³/mol. The molecule has 1 fully saturated rings. The lowest BCUT2D eigenvalue weighted by Crippen LogP contribution is -2.42. The van der Waals surface area contributed by atoms with Crippen LogP contribution < -0.4 is 10.5 Å². The summed E-state index contributed by atoms with van der Waals surface area (Å²) in [6, 6.07) is 2.12. The Bertz CT molecular complexity index is 556. The third-order valence-electron chi connectivity index (χ3n) is 3.66. The van der Waals surface area contributed by atoms with Crippen molar-refractivity contribution in [2.24, 2.45) is 5.73 Å². The molecule has 0 spiro atoms. The van der Waals surface area contributed by atoms with E-state index >= 15 is 0 Å². The fourth-order valence-corrected chi connectivity index (χ4v) is 3.53. The Balaban J connectivity index is 2.30. The molecule has 0 unspecified atom stereocenters. The molecule has 6 heteroatoms. The molecule has 5 nitrogen and oxygen atoms in total. The molecule has 1 aliphatic rings. The van der Waals surface area contributed by atoms with Crippen LogP contribution in [-0.4, -0.2) is 18.5 Å². The number of hydrogen-bond donors (Lipinski definition) is 2. The van der Waals surface area contributed by atoms with Crippen molar-refractivity contribution in [1.29, 1.82) is 0 Å². The van der Waals surface area contributed by atoms with Crippen LogP contribution >= 0.6 is 0 Å². The van der Waals surface area contributed by atoms with Gasteiger partial charge in [0, 0.05) is 30.0 Å². The highest BCUT2D eigenvalue weighted by atomic mass is 32.2. The molecule has 3 N–H and O–H groups in total. The van der Waals surface area contributed by atoms with Gasteiger partial charge < -0.3 is 10.3 Å². The van der Waals surface area contributed by atoms with E-state index in [9.17, 15) is 8.42 Å². The molecular formula is C13H23N3O2S. The fraction of sp³-hybridized carbons (Fsp3) is 0.692. The summed E-state index contributed by atoms with van der Waals surface area (Å²) < 4.78 is 29.5. The Morgan fingerprint density at radius 3 is 2.58 bits per heavy atom. The molecule has 1 aromatic rings. The van der Waals surface area contributed by atoms with Gasteiger partial charge in [-0.1, -0.05) is 6.92 Å². The van der Waals surface area contributed by atoms with Crippen LogP contribution in [0.15, 0.2) is 17.2 Å². The van der Waals surface area contributed by atoms with Gasteiger partial charge in [-0.15, -0.1) is 0 Å². The molecule has 1 saturated carbocycles. The molecule has 1 aliphatic carbocycles. The minimum atomic E-state index is -3.47. The monoisotopic (exact) mass is 285 g/mol. The van der Waals surface area contributed by atoms with E-state index in [0.717, 1.165) is 25.0 Å². The summed E-state index contributed by atoms with van der Waals surface area (Å²) in [5.41, 5.74) is 6.14. The number of rotatable bonds is 6. The third kappa shape index (κ3) is 3.19. The average molecular weight is 285 g/mol. The maximum absolute atomic E-state index is 12.4. The van der Waals surface area contributed by atoms with Gasteiger partial charge in [-0.05, 0) is 39.2 Å². The highest BCUT2D eigenvalue weighted by molar-refractivity contribution is 7.89.